The molecule has 4 rings (SSSR count). The van der Waals surface area contributed by atoms with E-state index in [0.29, 0.717) is 23.3 Å². The minimum atomic E-state index is -0.866. The highest BCUT2D eigenvalue weighted by Crippen LogP contribution is 2.33. The van der Waals surface area contributed by atoms with Crippen molar-refractivity contribution >= 4 is 0 Å². The van der Waals surface area contributed by atoms with Gasteiger partial charge in [0.1, 0.15) is 5.82 Å². The maximum absolute atomic E-state index is 14.9. The predicted molar refractivity (Wildman–Crippen MR) is 118 cm³/mol. The highest BCUT2D eigenvalue weighted by Gasteiger charge is 2.22. The van der Waals surface area contributed by atoms with Crippen LogP contribution in [0.3, 0.4) is 0 Å². The molecule has 1 fully saturated rings. The van der Waals surface area contributed by atoms with Gasteiger partial charge in [-0.3, -0.25) is 0 Å². The molecule has 2 unspecified atom stereocenters. The lowest BCUT2D eigenvalue weighted by atomic mass is 9.89. The number of rotatable bonds is 4. The van der Waals surface area contributed by atoms with Gasteiger partial charge in [0.05, 0.1) is 12.7 Å². The Labute approximate surface area is 181 Å². The molecule has 1 nitrogen and oxygen atoms in total. The van der Waals surface area contributed by atoms with Crippen LogP contribution in [-0.2, 0) is 4.74 Å². The minimum Gasteiger partial charge on any atom is -0.374 e. The lowest BCUT2D eigenvalue weighted by molar-refractivity contribution is 0.0326. The van der Waals surface area contributed by atoms with Gasteiger partial charge in [-0.2, -0.15) is 0 Å². The molecule has 0 spiro atoms. The summed E-state index contributed by atoms with van der Waals surface area (Å²) in [6.45, 7) is 4.09. The Balaban J connectivity index is 1.53. The standard InChI is InChI=1S/C27H25F3O/c1-3-4-22-12-10-21(16-31-22)20-11-14-23(25(28)15-20)18-6-8-19(9-7-18)24-13-5-17(2)26(29)27(24)30/h3-9,11,13-15,21-22H,10,12,16H2,1-2H3. The molecular weight excluding hydrogens is 397 g/mol. The Morgan fingerprint density at radius 1 is 0.839 bits per heavy atom. The molecule has 0 amide bonds. The predicted octanol–water partition coefficient (Wildman–Crippen LogP) is 7.59. The van der Waals surface area contributed by atoms with Gasteiger partial charge in [-0.1, -0.05) is 60.7 Å². The molecule has 0 saturated carbocycles. The second kappa shape index (κ2) is 9.11. The van der Waals surface area contributed by atoms with Crippen molar-refractivity contribution in [3.05, 3.63) is 95.3 Å². The largest absolute Gasteiger partial charge is 0.374 e. The summed E-state index contributed by atoms with van der Waals surface area (Å²) in [4.78, 5) is 0. The van der Waals surface area contributed by atoms with Gasteiger partial charge >= 0.3 is 0 Å². The van der Waals surface area contributed by atoms with E-state index in [4.69, 9.17) is 4.74 Å². The van der Waals surface area contributed by atoms with Gasteiger partial charge in [0, 0.05) is 17.0 Å². The van der Waals surface area contributed by atoms with Crippen LogP contribution in [0.5, 0.6) is 0 Å². The van der Waals surface area contributed by atoms with Gasteiger partial charge in [0.25, 0.3) is 0 Å². The Morgan fingerprint density at radius 2 is 1.52 bits per heavy atom. The molecule has 0 radical (unpaired) electrons. The van der Waals surface area contributed by atoms with E-state index in [-0.39, 0.29) is 29.0 Å². The zero-order valence-corrected chi connectivity index (χ0v) is 17.7. The van der Waals surface area contributed by atoms with E-state index in [2.05, 4.69) is 6.08 Å². The summed E-state index contributed by atoms with van der Waals surface area (Å²) in [6, 6.07) is 15.3. The van der Waals surface area contributed by atoms with Crippen LogP contribution in [0.15, 0.2) is 66.7 Å². The van der Waals surface area contributed by atoms with Crippen LogP contribution in [0, 0.1) is 24.4 Å². The van der Waals surface area contributed by atoms with E-state index in [1.807, 2.05) is 19.1 Å². The molecular formula is C27H25F3O. The molecule has 2 atom stereocenters. The Kier molecular flexibility index (Phi) is 6.28. The number of aryl methyl sites for hydroxylation is 1. The van der Waals surface area contributed by atoms with E-state index in [1.165, 1.54) is 6.92 Å². The van der Waals surface area contributed by atoms with Crippen molar-refractivity contribution in [1.29, 1.82) is 0 Å². The summed E-state index contributed by atoms with van der Waals surface area (Å²) in [7, 11) is 0. The Hall–Kier alpha value is -2.85. The number of hydrogen-bond acceptors (Lipinski definition) is 1. The van der Waals surface area contributed by atoms with Gasteiger partial charge < -0.3 is 4.74 Å². The molecule has 0 aliphatic carbocycles. The van der Waals surface area contributed by atoms with E-state index in [9.17, 15) is 13.2 Å². The van der Waals surface area contributed by atoms with E-state index >= 15 is 0 Å². The maximum Gasteiger partial charge on any atom is 0.166 e. The van der Waals surface area contributed by atoms with Crippen LogP contribution in [0.1, 0.15) is 36.8 Å². The van der Waals surface area contributed by atoms with Gasteiger partial charge in [-0.15, -0.1) is 0 Å². The van der Waals surface area contributed by atoms with Crippen LogP contribution in [0.4, 0.5) is 13.2 Å². The average molecular weight is 422 g/mol. The first-order chi connectivity index (χ1) is 15.0. The molecule has 1 heterocycles. The zero-order chi connectivity index (χ0) is 22.0. The first-order valence-electron chi connectivity index (χ1n) is 10.6. The van der Waals surface area contributed by atoms with E-state index in [0.717, 1.165) is 18.4 Å². The molecule has 1 aliphatic rings. The summed E-state index contributed by atoms with van der Waals surface area (Å²) < 4.78 is 48.9. The van der Waals surface area contributed by atoms with Crippen molar-refractivity contribution in [1.82, 2.24) is 0 Å². The molecule has 0 N–H and O–H groups in total. The summed E-state index contributed by atoms with van der Waals surface area (Å²) >= 11 is 0. The van der Waals surface area contributed by atoms with Gasteiger partial charge in [-0.05, 0) is 55.0 Å². The molecule has 1 aliphatic heterocycles. The molecule has 3 aromatic carbocycles. The minimum absolute atomic E-state index is 0.149. The fraction of sp³-hybridized carbons (Fsp3) is 0.259. The number of benzene rings is 3. The van der Waals surface area contributed by atoms with Crippen molar-refractivity contribution in [3.63, 3.8) is 0 Å². The Bertz CT molecular complexity index is 1090. The lowest BCUT2D eigenvalue weighted by Crippen LogP contribution is -2.23. The first kappa shape index (κ1) is 21.4. The molecule has 160 valence electrons. The third kappa shape index (κ3) is 4.45. The normalized spacial score (nSPS) is 19.1. The molecule has 3 aromatic rings. The molecule has 0 aromatic heterocycles. The molecule has 31 heavy (non-hydrogen) atoms. The molecule has 0 bridgehead atoms. The highest BCUT2D eigenvalue weighted by molar-refractivity contribution is 5.71. The van der Waals surface area contributed by atoms with Crippen LogP contribution < -0.4 is 0 Å². The van der Waals surface area contributed by atoms with Crippen molar-refractivity contribution in [2.45, 2.75) is 38.7 Å². The van der Waals surface area contributed by atoms with Crippen molar-refractivity contribution in [3.8, 4) is 22.3 Å². The van der Waals surface area contributed by atoms with E-state index < -0.39 is 11.6 Å². The first-order valence-corrected chi connectivity index (χ1v) is 10.6. The fourth-order valence-electron chi connectivity index (χ4n) is 4.12. The van der Waals surface area contributed by atoms with Gasteiger partial charge in [-0.25, -0.2) is 13.2 Å². The van der Waals surface area contributed by atoms with E-state index in [1.54, 1.807) is 48.5 Å². The van der Waals surface area contributed by atoms with Crippen LogP contribution in [-0.4, -0.2) is 12.7 Å². The SMILES string of the molecule is CC=CC1CCC(c2ccc(-c3ccc(-c4ccc(C)c(F)c4F)cc3)c(F)c2)CO1. The Morgan fingerprint density at radius 3 is 2.13 bits per heavy atom. The smallest absolute Gasteiger partial charge is 0.166 e. The fourth-order valence-corrected chi connectivity index (χ4v) is 4.12. The second-order valence-corrected chi connectivity index (χ2v) is 8.05. The maximum atomic E-state index is 14.9. The third-order valence-electron chi connectivity index (χ3n) is 5.97. The van der Waals surface area contributed by atoms with Gasteiger partial charge in [0.2, 0.25) is 0 Å². The molecule has 4 heteroatoms. The summed E-state index contributed by atoms with van der Waals surface area (Å²) in [6.07, 6.45) is 6.09. The number of hydrogen-bond donors (Lipinski definition) is 0. The summed E-state index contributed by atoms with van der Waals surface area (Å²) in [5.41, 5.74) is 3.11. The quantitative estimate of drug-likeness (QED) is 0.394. The molecule has 1 saturated heterocycles. The number of halogens is 3. The third-order valence-corrected chi connectivity index (χ3v) is 5.97. The number of allylic oxidation sites excluding steroid dienone is 1. The zero-order valence-electron chi connectivity index (χ0n) is 17.7. The van der Waals surface area contributed by atoms with Crippen LogP contribution in [0.2, 0.25) is 0 Å². The topological polar surface area (TPSA) is 9.23 Å². The van der Waals surface area contributed by atoms with Crippen molar-refractivity contribution in [2.24, 2.45) is 0 Å². The highest BCUT2D eigenvalue weighted by atomic mass is 19.2. The second-order valence-electron chi connectivity index (χ2n) is 8.05. The van der Waals surface area contributed by atoms with Crippen LogP contribution >= 0.6 is 0 Å². The van der Waals surface area contributed by atoms with Gasteiger partial charge in [0.15, 0.2) is 11.6 Å². The average Bonchev–Trinajstić information content (AvgIpc) is 2.79. The monoisotopic (exact) mass is 422 g/mol. The van der Waals surface area contributed by atoms with Crippen molar-refractivity contribution in [2.75, 3.05) is 6.61 Å². The van der Waals surface area contributed by atoms with Crippen molar-refractivity contribution < 1.29 is 17.9 Å². The summed E-state index contributed by atoms with van der Waals surface area (Å²) in [5.74, 6) is -1.82. The lowest BCUT2D eigenvalue weighted by Gasteiger charge is -2.28. The van der Waals surface area contributed by atoms with Crippen LogP contribution in [0.25, 0.3) is 22.3 Å². The number of ether oxygens (including phenoxy) is 1. The summed E-state index contributed by atoms with van der Waals surface area (Å²) in [5, 5.41) is 0.